The van der Waals surface area contributed by atoms with Crippen LogP contribution in [0.3, 0.4) is 0 Å². The van der Waals surface area contributed by atoms with Crippen LogP contribution in [0.4, 0.5) is 0 Å². The first-order valence-corrected chi connectivity index (χ1v) is 5.83. The number of halogens is 1. The van der Waals surface area contributed by atoms with Crippen molar-refractivity contribution in [3.05, 3.63) is 21.3 Å². The monoisotopic (exact) mass is 233 g/mol. The van der Waals surface area contributed by atoms with Gasteiger partial charge in [0, 0.05) is 24.1 Å². The largest absolute Gasteiger partial charge is 0.383 e. The molecule has 0 saturated carbocycles. The highest BCUT2D eigenvalue weighted by Crippen LogP contribution is 2.26. The van der Waals surface area contributed by atoms with Crippen molar-refractivity contribution in [2.24, 2.45) is 0 Å². The van der Waals surface area contributed by atoms with Gasteiger partial charge < -0.3 is 10.1 Å². The summed E-state index contributed by atoms with van der Waals surface area (Å²) in [4.78, 5) is 1.26. The minimum Gasteiger partial charge on any atom is -0.383 e. The molecule has 2 atom stereocenters. The zero-order valence-corrected chi connectivity index (χ0v) is 10.3. The molecule has 1 aromatic rings. The fraction of sp³-hybridized carbons (Fsp3) is 0.600. The zero-order valence-electron chi connectivity index (χ0n) is 8.71. The second kappa shape index (κ2) is 5.71. The molecule has 1 heterocycles. The first-order valence-electron chi connectivity index (χ1n) is 4.63. The Morgan fingerprint density at radius 2 is 2.21 bits per heavy atom. The molecule has 1 N–H and O–H groups in total. The number of rotatable bonds is 5. The van der Waals surface area contributed by atoms with Crippen LogP contribution in [0.2, 0.25) is 4.34 Å². The van der Waals surface area contributed by atoms with Gasteiger partial charge >= 0.3 is 0 Å². The second-order valence-corrected chi connectivity index (χ2v) is 5.13. The summed E-state index contributed by atoms with van der Waals surface area (Å²) in [5, 5.41) is 3.44. The molecule has 0 aliphatic heterocycles. The molecular formula is C10H16ClNOS. The highest BCUT2D eigenvalue weighted by Gasteiger charge is 2.10. The van der Waals surface area contributed by atoms with E-state index >= 15 is 0 Å². The second-order valence-electron chi connectivity index (χ2n) is 3.39. The van der Waals surface area contributed by atoms with E-state index in [0.29, 0.717) is 12.1 Å². The highest BCUT2D eigenvalue weighted by molar-refractivity contribution is 7.16. The first kappa shape index (κ1) is 12.0. The van der Waals surface area contributed by atoms with E-state index in [4.69, 9.17) is 16.3 Å². The summed E-state index contributed by atoms with van der Waals surface area (Å²) in [5.74, 6) is 0. The van der Waals surface area contributed by atoms with E-state index in [2.05, 4.69) is 25.2 Å². The van der Waals surface area contributed by atoms with Crippen molar-refractivity contribution < 1.29 is 4.74 Å². The highest BCUT2D eigenvalue weighted by atomic mass is 35.5. The van der Waals surface area contributed by atoms with Crippen LogP contribution in [-0.4, -0.2) is 19.8 Å². The summed E-state index contributed by atoms with van der Waals surface area (Å²) in [6.07, 6.45) is 0. The molecule has 0 aliphatic rings. The van der Waals surface area contributed by atoms with Crippen LogP contribution >= 0.6 is 22.9 Å². The molecule has 80 valence electrons. The first-order chi connectivity index (χ1) is 6.63. The van der Waals surface area contributed by atoms with Crippen LogP contribution in [0, 0.1) is 0 Å². The lowest BCUT2D eigenvalue weighted by Crippen LogP contribution is -2.32. The van der Waals surface area contributed by atoms with Gasteiger partial charge in [-0.15, -0.1) is 11.3 Å². The zero-order chi connectivity index (χ0) is 10.6. The molecule has 0 aliphatic carbocycles. The van der Waals surface area contributed by atoms with Gasteiger partial charge in [-0.05, 0) is 26.0 Å². The smallest absolute Gasteiger partial charge is 0.0931 e. The molecule has 0 spiro atoms. The molecule has 0 saturated heterocycles. The van der Waals surface area contributed by atoms with Gasteiger partial charge in [0.25, 0.3) is 0 Å². The molecule has 0 amide bonds. The van der Waals surface area contributed by atoms with Gasteiger partial charge in [-0.25, -0.2) is 0 Å². The van der Waals surface area contributed by atoms with E-state index < -0.39 is 0 Å². The summed E-state index contributed by atoms with van der Waals surface area (Å²) < 4.78 is 5.90. The SMILES string of the molecule is COC[C@@H](C)N[C@@H](C)c1ccc(Cl)s1. The molecule has 2 nitrogen and oxygen atoms in total. The lowest BCUT2D eigenvalue weighted by atomic mass is 10.2. The quantitative estimate of drug-likeness (QED) is 0.844. The Bertz CT molecular complexity index is 277. The Labute approximate surface area is 94.2 Å². The van der Waals surface area contributed by atoms with Gasteiger partial charge in [0.2, 0.25) is 0 Å². The van der Waals surface area contributed by atoms with Crippen LogP contribution < -0.4 is 5.32 Å². The van der Waals surface area contributed by atoms with Crippen LogP contribution in [0.5, 0.6) is 0 Å². The van der Waals surface area contributed by atoms with Gasteiger partial charge in [-0.3, -0.25) is 0 Å². The van der Waals surface area contributed by atoms with E-state index in [1.54, 1.807) is 18.4 Å². The van der Waals surface area contributed by atoms with E-state index in [0.717, 1.165) is 10.9 Å². The third-order valence-electron chi connectivity index (χ3n) is 1.97. The van der Waals surface area contributed by atoms with Crippen LogP contribution in [0.1, 0.15) is 24.8 Å². The molecule has 4 heteroatoms. The number of ether oxygens (including phenoxy) is 1. The predicted molar refractivity (Wildman–Crippen MR) is 62.2 cm³/mol. The molecule has 1 rings (SSSR count). The van der Waals surface area contributed by atoms with Crippen molar-refractivity contribution in [2.45, 2.75) is 25.9 Å². The van der Waals surface area contributed by atoms with Crippen LogP contribution in [-0.2, 0) is 4.74 Å². The van der Waals surface area contributed by atoms with E-state index in [1.165, 1.54) is 4.88 Å². The molecule has 0 unspecified atom stereocenters. The van der Waals surface area contributed by atoms with Gasteiger partial charge in [0.1, 0.15) is 0 Å². The number of thiophene rings is 1. The Morgan fingerprint density at radius 1 is 1.50 bits per heavy atom. The van der Waals surface area contributed by atoms with Crippen molar-refractivity contribution in [1.82, 2.24) is 5.32 Å². The molecule has 0 fully saturated rings. The van der Waals surface area contributed by atoms with Crippen LogP contribution in [0.25, 0.3) is 0 Å². The lowest BCUT2D eigenvalue weighted by Gasteiger charge is -2.18. The summed E-state index contributed by atoms with van der Waals surface area (Å²) in [6.45, 7) is 4.97. The minimum absolute atomic E-state index is 0.331. The lowest BCUT2D eigenvalue weighted by molar-refractivity contribution is 0.168. The standard InChI is InChI=1S/C10H16ClNOS/c1-7(6-13-3)12-8(2)9-4-5-10(11)14-9/h4-5,7-8,12H,6H2,1-3H3/t7-,8+/m1/s1. The van der Waals surface area contributed by atoms with Gasteiger partial charge in [-0.2, -0.15) is 0 Å². The maximum absolute atomic E-state index is 5.87. The Balaban J connectivity index is 2.45. The number of hydrogen-bond acceptors (Lipinski definition) is 3. The summed E-state index contributed by atoms with van der Waals surface area (Å²) in [5.41, 5.74) is 0. The molecule has 0 aromatic carbocycles. The van der Waals surface area contributed by atoms with Gasteiger partial charge in [0.15, 0.2) is 0 Å². The average Bonchev–Trinajstić information content (AvgIpc) is 2.52. The number of nitrogens with one attached hydrogen (secondary N) is 1. The third-order valence-corrected chi connectivity index (χ3v) is 3.39. The summed E-state index contributed by atoms with van der Waals surface area (Å²) in [6, 6.07) is 4.68. The molecular weight excluding hydrogens is 218 g/mol. The van der Waals surface area contributed by atoms with E-state index in [-0.39, 0.29) is 0 Å². The summed E-state index contributed by atoms with van der Waals surface area (Å²) >= 11 is 7.49. The topological polar surface area (TPSA) is 21.3 Å². The van der Waals surface area contributed by atoms with Gasteiger partial charge in [-0.1, -0.05) is 11.6 Å². The Kier molecular flexibility index (Phi) is 4.89. The van der Waals surface area contributed by atoms with Crippen molar-refractivity contribution in [2.75, 3.05) is 13.7 Å². The van der Waals surface area contributed by atoms with E-state index in [9.17, 15) is 0 Å². The number of methoxy groups -OCH3 is 1. The van der Waals surface area contributed by atoms with E-state index in [1.807, 2.05) is 6.07 Å². The maximum Gasteiger partial charge on any atom is 0.0931 e. The van der Waals surface area contributed by atoms with Gasteiger partial charge in [0.05, 0.1) is 10.9 Å². The van der Waals surface area contributed by atoms with Crippen LogP contribution in [0.15, 0.2) is 12.1 Å². The fourth-order valence-corrected chi connectivity index (χ4v) is 2.44. The number of hydrogen-bond donors (Lipinski definition) is 1. The fourth-order valence-electron chi connectivity index (χ4n) is 1.37. The van der Waals surface area contributed by atoms with Crippen molar-refractivity contribution in [3.63, 3.8) is 0 Å². The molecule has 0 bridgehead atoms. The Hall–Kier alpha value is -0.0900. The molecule has 0 radical (unpaired) electrons. The predicted octanol–water partition coefficient (Wildman–Crippen LogP) is 3.09. The van der Waals surface area contributed by atoms with Crippen molar-refractivity contribution >= 4 is 22.9 Å². The molecule has 1 aromatic heterocycles. The minimum atomic E-state index is 0.331. The van der Waals surface area contributed by atoms with Crippen molar-refractivity contribution in [1.29, 1.82) is 0 Å². The molecule has 14 heavy (non-hydrogen) atoms. The van der Waals surface area contributed by atoms with Crippen molar-refractivity contribution in [3.8, 4) is 0 Å². The average molecular weight is 234 g/mol. The Morgan fingerprint density at radius 3 is 2.71 bits per heavy atom. The summed E-state index contributed by atoms with van der Waals surface area (Å²) in [7, 11) is 1.71. The third kappa shape index (κ3) is 3.58. The normalized spacial score (nSPS) is 15.4. The maximum atomic E-state index is 5.87.